The Bertz CT molecular complexity index is 1200. The molecule has 1 aromatic carbocycles. The van der Waals surface area contributed by atoms with Crippen molar-refractivity contribution >= 4 is 35.3 Å². The first-order valence-electron chi connectivity index (χ1n) is 10.8. The Labute approximate surface area is 198 Å². The van der Waals surface area contributed by atoms with Crippen LogP contribution in [0, 0.1) is 0 Å². The van der Waals surface area contributed by atoms with Crippen LogP contribution in [-0.4, -0.2) is 53.5 Å². The fraction of sp³-hybridized carbons (Fsp3) is 0.250. The number of nitrogens with one attached hydrogen (secondary N) is 1. The maximum absolute atomic E-state index is 12.6. The van der Waals surface area contributed by atoms with Gasteiger partial charge in [0.05, 0.1) is 6.54 Å². The molecule has 1 N–H and O–H groups in total. The molecule has 0 aliphatic carbocycles. The van der Waals surface area contributed by atoms with Gasteiger partial charge in [0.25, 0.3) is 5.91 Å². The molecule has 0 radical (unpaired) electrons. The molecular weight excluding hydrogens is 465 g/mol. The quantitative estimate of drug-likeness (QED) is 0.669. The van der Waals surface area contributed by atoms with E-state index in [4.69, 9.17) is 0 Å². The number of carbonyl (C=O) groups excluding carboxylic acids is 3. The first-order chi connectivity index (χ1) is 16.7. The maximum Gasteiger partial charge on any atom is 0.493 e. The molecule has 0 spiro atoms. The number of hydroxylamine groups is 1. The van der Waals surface area contributed by atoms with E-state index in [2.05, 4.69) is 15.1 Å². The smallest absolute Gasteiger partial charge is 0.335 e. The van der Waals surface area contributed by atoms with Crippen LogP contribution >= 0.6 is 0 Å². The van der Waals surface area contributed by atoms with Crippen molar-refractivity contribution in [3.63, 3.8) is 0 Å². The molecule has 3 heterocycles. The molecule has 182 valence electrons. The average Bonchev–Trinajstić information content (AvgIpc) is 3.00. The fourth-order valence-electron chi connectivity index (χ4n) is 3.71. The van der Waals surface area contributed by atoms with E-state index in [-0.39, 0.29) is 29.9 Å². The van der Waals surface area contributed by atoms with Crippen LogP contribution in [0.4, 0.5) is 19.0 Å². The summed E-state index contributed by atoms with van der Waals surface area (Å²) in [5.41, 5.74) is 3.14. The summed E-state index contributed by atoms with van der Waals surface area (Å²) in [5.74, 6) is -3.85. The van der Waals surface area contributed by atoms with Gasteiger partial charge < -0.3 is 15.1 Å². The van der Waals surface area contributed by atoms with E-state index >= 15 is 0 Å². The van der Waals surface area contributed by atoms with Gasteiger partial charge in [0.15, 0.2) is 5.82 Å². The molecule has 2 aliphatic heterocycles. The standard InChI is InChI=1S/C24H21F3N4O4/c25-24(26,27)23(34)35-31-21(33)15-28-14-19-12-16(13-29-22(19)31)6-7-20(32)30-10-8-18(9-11-30)17-4-2-1-3-5-17/h1-8,12-13,28H,9-11,14-15H2/b7-6+. The fourth-order valence-corrected chi connectivity index (χ4v) is 3.71. The van der Waals surface area contributed by atoms with Crippen molar-refractivity contribution in [2.75, 3.05) is 24.7 Å². The molecule has 8 nitrogen and oxygen atoms in total. The number of alkyl halides is 3. The summed E-state index contributed by atoms with van der Waals surface area (Å²) in [6.45, 7) is 0.793. The highest BCUT2D eigenvalue weighted by molar-refractivity contribution is 5.96. The molecule has 2 aliphatic rings. The van der Waals surface area contributed by atoms with E-state index in [1.165, 1.54) is 23.9 Å². The lowest BCUT2D eigenvalue weighted by Gasteiger charge is -2.25. The zero-order valence-electron chi connectivity index (χ0n) is 18.4. The number of nitrogens with zero attached hydrogens (tertiary/aromatic N) is 3. The summed E-state index contributed by atoms with van der Waals surface area (Å²) in [5, 5.41) is 2.99. The molecule has 35 heavy (non-hydrogen) atoms. The Morgan fingerprint density at radius 2 is 1.91 bits per heavy atom. The van der Waals surface area contributed by atoms with Crippen LogP contribution < -0.4 is 10.4 Å². The van der Waals surface area contributed by atoms with Crippen molar-refractivity contribution in [1.29, 1.82) is 0 Å². The van der Waals surface area contributed by atoms with Crippen LogP contribution in [-0.2, 0) is 25.8 Å². The van der Waals surface area contributed by atoms with Crippen LogP contribution in [0.1, 0.15) is 23.1 Å². The van der Waals surface area contributed by atoms with E-state index in [9.17, 15) is 27.6 Å². The third-order valence-corrected chi connectivity index (χ3v) is 5.46. The van der Waals surface area contributed by atoms with Gasteiger partial charge in [-0.3, -0.25) is 9.59 Å². The number of hydrogen-bond donors (Lipinski definition) is 1. The zero-order chi connectivity index (χ0) is 25.0. The number of carbonyl (C=O) groups is 3. The molecule has 4 rings (SSSR count). The summed E-state index contributed by atoms with van der Waals surface area (Å²) >= 11 is 0. The molecule has 1 aromatic heterocycles. The van der Waals surface area contributed by atoms with E-state index in [1.807, 2.05) is 36.4 Å². The molecule has 11 heteroatoms. The van der Waals surface area contributed by atoms with Gasteiger partial charge in [-0.2, -0.15) is 13.2 Å². The number of pyridine rings is 1. The lowest BCUT2D eigenvalue weighted by atomic mass is 9.99. The normalized spacial score (nSPS) is 16.5. The lowest BCUT2D eigenvalue weighted by Crippen LogP contribution is -2.41. The Morgan fingerprint density at radius 3 is 2.60 bits per heavy atom. The van der Waals surface area contributed by atoms with Gasteiger partial charge >= 0.3 is 12.1 Å². The summed E-state index contributed by atoms with van der Waals surface area (Å²) in [7, 11) is 0. The summed E-state index contributed by atoms with van der Waals surface area (Å²) in [6.07, 6.45) is 1.68. The van der Waals surface area contributed by atoms with Crippen LogP contribution in [0.2, 0.25) is 0 Å². The van der Waals surface area contributed by atoms with Crippen LogP contribution in [0.5, 0.6) is 0 Å². The number of rotatable bonds is 4. The third-order valence-electron chi connectivity index (χ3n) is 5.46. The first kappa shape index (κ1) is 24.1. The van der Waals surface area contributed by atoms with Crippen molar-refractivity contribution in [2.45, 2.75) is 19.1 Å². The third kappa shape index (κ3) is 5.75. The number of halogens is 3. The molecule has 0 saturated heterocycles. The van der Waals surface area contributed by atoms with Gasteiger partial charge in [-0.15, -0.1) is 5.06 Å². The minimum absolute atomic E-state index is 0.100. The van der Waals surface area contributed by atoms with Crippen LogP contribution in [0.15, 0.2) is 54.7 Å². The number of hydrogen-bond acceptors (Lipinski definition) is 6. The monoisotopic (exact) mass is 486 g/mol. The van der Waals surface area contributed by atoms with Crippen molar-refractivity contribution in [3.8, 4) is 0 Å². The second-order valence-electron chi connectivity index (χ2n) is 7.88. The number of aromatic nitrogens is 1. The minimum Gasteiger partial charge on any atom is -0.335 e. The second-order valence-corrected chi connectivity index (χ2v) is 7.88. The highest BCUT2D eigenvalue weighted by Gasteiger charge is 2.44. The van der Waals surface area contributed by atoms with Gasteiger partial charge in [0.1, 0.15) is 0 Å². The Balaban J connectivity index is 1.45. The predicted molar refractivity (Wildman–Crippen MR) is 120 cm³/mol. The molecule has 0 atom stereocenters. The molecule has 2 aromatic rings. The lowest BCUT2D eigenvalue weighted by molar-refractivity contribution is -0.201. The number of anilines is 1. The molecule has 0 saturated carbocycles. The number of benzene rings is 1. The Kier molecular flexibility index (Phi) is 6.97. The summed E-state index contributed by atoms with van der Waals surface area (Å²) < 4.78 is 37.8. The van der Waals surface area contributed by atoms with Gasteiger partial charge in [0.2, 0.25) is 5.91 Å². The van der Waals surface area contributed by atoms with E-state index < -0.39 is 18.1 Å². The molecular formula is C24H21F3N4O4. The molecule has 0 bridgehead atoms. The Hall–Kier alpha value is -3.99. The predicted octanol–water partition coefficient (Wildman–Crippen LogP) is 2.87. The molecule has 2 amide bonds. The highest BCUT2D eigenvalue weighted by Crippen LogP contribution is 2.26. The SMILES string of the molecule is O=C(/C=C/c1cnc2c(c1)CNCC(=O)N2OC(=O)C(F)(F)F)N1CC=C(c2ccccc2)CC1. The Morgan fingerprint density at radius 1 is 1.14 bits per heavy atom. The topological polar surface area (TPSA) is 91.8 Å². The van der Waals surface area contributed by atoms with Gasteiger partial charge in [-0.05, 0) is 35.3 Å². The number of fused-ring (bicyclic) bond motifs is 1. The zero-order valence-corrected chi connectivity index (χ0v) is 18.4. The van der Waals surface area contributed by atoms with Gasteiger partial charge in [0, 0.05) is 37.5 Å². The highest BCUT2D eigenvalue weighted by atomic mass is 19.4. The van der Waals surface area contributed by atoms with Crippen molar-refractivity contribution in [1.82, 2.24) is 15.2 Å². The van der Waals surface area contributed by atoms with Crippen molar-refractivity contribution in [2.24, 2.45) is 0 Å². The van der Waals surface area contributed by atoms with Crippen LogP contribution in [0.25, 0.3) is 11.6 Å². The second kappa shape index (κ2) is 10.1. The van der Waals surface area contributed by atoms with Gasteiger partial charge in [-0.1, -0.05) is 36.4 Å². The first-order valence-corrected chi connectivity index (χ1v) is 10.8. The minimum atomic E-state index is -5.27. The van der Waals surface area contributed by atoms with Crippen LogP contribution in [0.3, 0.4) is 0 Å². The van der Waals surface area contributed by atoms with E-state index in [0.717, 1.165) is 12.0 Å². The number of amides is 2. The van der Waals surface area contributed by atoms with E-state index in [0.29, 0.717) is 24.2 Å². The molecule has 0 fully saturated rings. The maximum atomic E-state index is 12.6. The van der Waals surface area contributed by atoms with Gasteiger partial charge in [-0.25, -0.2) is 9.78 Å². The van der Waals surface area contributed by atoms with Crippen molar-refractivity contribution < 1.29 is 32.4 Å². The summed E-state index contributed by atoms with van der Waals surface area (Å²) in [6, 6.07) is 11.5. The summed E-state index contributed by atoms with van der Waals surface area (Å²) in [4.78, 5) is 46.0. The molecule has 0 unspecified atom stereocenters. The average molecular weight is 486 g/mol. The van der Waals surface area contributed by atoms with E-state index in [1.54, 1.807) is 11.0 Å². The largest absolute Gasteiger partial charge is 0.493 e. The van der Waals surface area contributed by atoms with Crippen molar-refractivity contribution in [3.05, 3.63) is 71.4 Å².